The van der Waals surface area contributed by atoms with Crippen LogP contribution in [0.5, 0.6) is 0 Å². The second kappa shape index (κ2) is 9.08. The van der Waals surface area contributed by atoms with E-state index < -0.39 is 0 Å². The summed E-state index contributed by atoms with van der Waals surface area (Å²) in [6.07, 6.45) is 5.07. The Morgan fingerprint density at radius 3 is 2.17 bits per heavy atom. The number of likely N-dealkylation sites (tertiary alicyclic amines) is 1. The smallest absolute Gasteiger partial charge is 0.251 e. The summed E-state index contributed by atoms with van der Waals surface area (Å²) in [7, 11) is 0. The van der Waals surface area contributed by atoms with E-state index >= 15 is 0 Å². The third kappa shape index (κ3) is 5.80. The fraction of sp³-hybridized carbons (Fsp3) is 0.360. The summed E-state index contributed by atoms with van der Waals surface area (Å²) in [5, 5.41) is 3.07. The summed E-state index contributed by atoms with van der Waals surface area (Å²) in [5.74, 6) is -0.0216. The molecule has 0 spiro atoms. The Morgan fingerprint density at radius 2 is 1.59 bits per heavy atom. The van der Waals surface area contributed by atoms with Gasteiger partial charge in [0.05, 0.1) is 0 Å². The van der Waals surface area contributed by atoms with Crippen LogP contribution in [0.15, 0.2) is 60.7 Å². The molecule has 0 aromatic heterocycles. The molecule has 3 rings (SSSR count). The predicted molar refractivity (Wildman–Crippen MR) is 118 cm³/mol. The zero-order chi connectivity index (χ0) is 20.9. The third-order valence-electron chi connectivity index (χ3n) is 5.37. The fourth-order valence-corrected chi connectivity index (χ4v) is 3.47. The van der Waals surface area contributed by atoms with E-state index in [1.54, 1.807) is 6.08 Å². The number of carbonyl (C=O) groups excluding carboxylic acids is 2. The molecule has 2 aromatic carbocycles. The van der Waals surface area contributed by atoms with E-state index in [2.05, 4.69) is 50.4 Å². The van der Waals surface area contributed by atoms with Crippen molar-refractivity contribution in [1.82, 2.24) is 10.2 Å². The predicted octanol–water partition coefficient (Wildman–Crippen LogP) is 4.42. The van der Waals surface area contributed by atoms with Gasteiger partial charge in [0.2, 0.25) is 5.91 Å². The van der Waals surface area contributed by atoms with Crippen molar-refractivity contribution >= 4 is 17.9 Å². The highest BCUT2D eigenvalue weighted by molar-refractivity contribution is 5.94. The molecule has 0 saturated carbocycles. The molecule has 4 nitrogen and oxygen atoms in total. The van der Waals surface area contributed by atoms with Crippen molar-refractivity contribution < 1.29 is 9.59 Å². The van der Waals surface area contributed by atoms with Crippen LogP contribution in [0.3, 0.4) is 0 Å². The molecule has 1 N–H and O–H groups in total. The second-order valence-corrected chi connectivity index (χ2v) is 8.64. The van der Waals surface area contributed by atoms with Gasteiger partial charge in [-0.15, -0.1) is 0 Å². The molecule has 1 saturated heterocycles. The van der Waals surface area contributed by atoms with Crippen molar-refractivity contribution in [2.45, 2.75) is 45.1 Å². The van der Waals surface area contributed by atoms with Crippen LogP contribution in [0, 0.1) is 0 Å². The molecule has 0 aliphatic carbocycles. The molecule has 1 aliphatic heterocycles. The van der Waals surface area contributed by atoms with Gasteiger partial charge < -0.3 is 10.2 Å². The highest BCUT2D eigenvalue weighted by atomic mass is 16.2. The Labute approximate surface area is 173 Å². The van der Waals surface area contributed by atoms with E-state index in [-0.39, 0.29) is 23.3 Å². The van der Waals surface area contributed by atoms with Gasteiger partial charge in [0.15, 0.2) is 0 Å². The molecule has 2 aromatic rings. The average Bonchev–Trinajstić information content (AvgIpc) is 2.73. The number of piperidine rings is 1. The molecule has 2 amide bonds. The van der Waals surface area contributed by atoms with Gasteiger partial charge in [-0.1, -0.05) is 63.2 Å². The van der Waals surface area contributed by atoms with Gasteiger partial charge in [0, 0.05) is 30.8 Å². The standard InChI is InChI=1S/C25H30N2O2/c1-25(2,3)21-12-9-19(10-13-21)11-14-23(28)27-17-15-22(16-18-27)26-24(29)20-7-5-4-6-8-20/h4-14,22H,15-18H2,1-3H3,(H,26,29)/b14-11+. The highest BCUT2D eigenvalue weighted by Gasteiger charge is 2.23. The number of nitrogens with one attached hydrogen (secondary N) is 1. The number of carbonyl (C=O) groups is 2. The summed E-state index contributed by atoms with van der Waals surface area (Å²) in [6.45, 7) is 7.88. The summed E-state index contributed by atoms with van der Waals surface area (Å²) in [5.41, 5.74) is 3.10. The maximum absolute atomic E-state index is 12.5. The Hall–Kier alpha value is -2.88. The SMILES string of the molecule is CC(C)(C)c1ccc(/C=C/C(=O)N2CCC(NC(=O)c3ccccc3)CC2)cc1. The Balaban J connectivity index is 1.48. The molecular formula is C25H30N2O2. The molecule has 152 valence electrons. The minimum absolute atomic E-state index is 0.0257. The monoisotopic (exact) mass is 390 g/mol. The molecule has 0 bridgehead atoms. The Bertz CT molecular complexity index is 856. The van der Waals surface area contributed by atoms with E-state index in [1.165, 1.54) is 5.56 Å². The average molecular weight is 391 g/mol. The van der Waals surface area contributed by atoms with E-state index in [0.29, 0.717) is 18.7 Å². The zero-order valence-corrected chi connectivity index (χ0v) is 17.5. The van der Waals surface area contributed by atoms with Gasteiger partial charge >= 0.3 is 0 Å². The summed E-state index contributed by atoms with van der Waals surface area (Å²) >= 11 is 0. The van der Waals surface area contributed by atoms with E-state index in [9.17, 15) is 9.59 Å². The van der Waals surface area contributed by atoms with Gasteiger partial charge in [-0.3, -0.25) is 9.59 Å². The van der Waals surface area contributed by atoms with Gasteiger partial charge in [-0.05, 0) is 47.6 Å². The first-order valence-corrected chi connectivity index (χ1v) is 10.3. The van der Waals surface area contributed by atoms with E-state index in [1.807, 2.05) is 41.3 Å². The minimum Gasteiger partial charge on any atom is -0.349 e. The zero-order valence-electron chi connectivity index (χ0n) is 17.5. The van der Waals surface area contributed by atoms with Gasteiger partial charge in [-0.2, -0.15) is 0 Å². The van der Waals surface area contributed by atoms with Crippen LogP contribution in [0.25, 0.3) is 6.08 Å². The first-order valence-electron chi connectivity index (χ1n) is 10.3. The van der Waals surface area contributed by atoms with Crippen LogP contribution in [0.2, 0.25) is 0 Å². The molecule has 4 heteroatoms. The quantitative estimate of drug-likeness (QED) is 0.786. The Kier molecular flexibility index (Phi) is 6.53. The lowest BCUT2D eigenvalue weighted by molar-refractivity contribution is -0.126. The lowest BCUT2D eigenvalue weighted by Gasteiger charge is -2.31. The number of hydrogen-bond donors (Lipinski definition) is 1. The van der Waals surface area contributed by atoms with Crippen LogP contribution in [-0.2, 0) is 10.2 Å². The van der Waals surface area contributed by atoms with Gasteiger partial charge in [0.25, 0.3) is 5.91 Å². The number of hydrogen-bond acceptors (Lipinski definition) is 2. The summed E-state index contributed by atoms with van der Waals surface area (Å²) in [4.78, 5) is 26.6. The van der Waals surface area contributed by atoms with E-state index in [4.69, 9.17) is 0 Å². The maximum Gasteiger partial charge on any atom is 0.251 e. The molecule has 0 unspecified atom stereocenters. The van der Waals surface area contributed by atoms with Crippen molar-refractivity contribution in [1.29, 1.82) is 0 Å². The summed E-state index contributed by atoms with van der Waals surface area (Å²) < 4.78 is 0. The Morgan fingerprint density at radius 1 is 0.966 bits per heavy atom. The van der Waals surface area contributed by atoms with Crippen molar-refractivity contribution in [2.24, 2.45) is 0 Å². The number of rotatable bonds is 4. The number of amides is 2. The molecule has 1 heterocycles. The first-order chi connectivity index (χ1) is 13.8. The van der Waals surface area contributed by atoms with Crippen LogP contribution in [-0.4, -0.2) is 35.8 Å². The van der Waals surface area contributed by atoms with Crippen molar-refractivity contribution in [3.63, 3.8) is 0 Å². The lowest BCUT2D eigenvalue weighted by atomic mass is 9.87. The largest absolute Gasteiger partial charge is 0.349 e. The summed E-state index contributed by atoms with van der Waals surface area (Å²) in [6, 6.07) is 17.7. The molecule has 0 atom stereocenters. The molecule has 0 radical (unpaired) electrons. The molecule has 1 fully saturated rings. The fourth-order valence-electron chi connectivity index (χ4n) is 3.47. The lowest BCUT2D eigenvalue weighted by Crippen LogP contribution is -2.46. The van der Waals surface area contributed by atoms with Gasteiger partial charge in [-0.25, -0.2) is 0 Å². The topological polar surface area (TPSA) is 49.4 Å². The first kappa shape index (κ1) is 20.8. The number of nitrogens with zero attached hydrogens (tertiary/aromatic N) is 1. The van der Waals surface area contributed by atoms with Gasteiger partial charge in [0.1, 0.15) is 0 Å². The van der Waals surface area contributed by atoms with Crippen LogP contribution < -0.4 is 5.32 Å². The van der Waals surface area contributed by atoms with Crippen LogP contribution in [0.1, 0.15) is 55.1 Å². The normalized spacial score (nSPS) is 15.5. The van der Waals surface area contributed by atoms with Crippen molar-refractivity contribution in [3.05, 3.63) is 77.4 Å². The molecular weight excluding hydrogens is 360 g/mol. The molecule has 29 heavy (non-hydrogen) atoms. The maximum atomic E-state index is 12.5. The van der Waals surface area contributed by atoms with Crippen LogP contribution >= 0.6 is 0 Å². The van der Waals surface area contributed by atoms with E-state index in [0.717, 1.165) is 18.4 Å². The third-order valence-corrected chi connectivity index (χ3v) is 5.37. The van der Waals surface area contributed by atoms with Crippen molar-refractivity contribution in [2.75, 3.05) is 13.1 Å². The minimum atomic E-state index is -0.0472. The van der Waals surface area contributed by atoms with Crippen molar-refractivity contribution in [3.8, 4) is 0 Å². The second-order valence-electron chi connectivity index (χ2n) is 8.64. The van der Waals surface area contributed by atoms with Crippen LogP contribution in [0.4, 0.5) is 0 Å². The molecule has 1 aliphatic rings. The highest BCUT2D eigenvalue weighted by Crippen LogP contribution is 2.22. The number of benzene rings is 2.